The predicted molar refractivity (Wildman–Crippen MR) is 110 cm³/mol. The van der Waals surface area contributed by atoms with Gasteiger partial charge in [0.2, 0.25) is 11.8 Å². The van der Waals surface area contributed by atoms with Crippen LogP contribution in [0.2, 0.25) is 0 Å². The van der Waals surface area contributed by atoms with Crippen LogP contribution in [-0.4, -0.2) is 85.8 Å². The smallest absolute Gasteiger partial charge is 0.405 e. The highest BCUT2D eigenvalue weighted by Crippen LogP contribution is 2.27. The van der Waals surface area contributed by atoms with Crippen molar-refractivity contribution in [3.8, 4) is 0 Å². The lowest BCUT2D eigenvalue weighted by atomic mass is 10.2. The first-order valence-corrected chi connectivity index (χ1v) is 9.86. The van der Waals surface area contributed by atoms with Crippen LogP contribution in [0.15, 0.2) is 18.2 Å². The maximum absolute atomic E-state index is 14.8. The Morgan fingerprint density at radius 2 is 1.90 bits per heavy atom. The fourth-order valence-corrected chi connectivity index (χ4v) is 3.59. The number of halogens is 1. The highest BCUT2D eigenvalue weighted by Gasteiger charge is 2.31. The highest BCUT2D eigenvalue weighted by atomic mass is 19.1. The van der Waals surface area contributed by atoms with E-state index >= 15 is 0 Å². The van der Waals surface area contributed by atoms with Crippen LogP contribution in [0.1, 0.15) is 6.92 Å². The van der Waals surface area contributed by atoms with Crippen molar-refractivity contribution < 1.29 is 28.7 Å². The minimum absolute atomic E-state index is 0.192. The van der Waals surface area contributed by atoms with Crippen LogP contribution in [0.25, 0.3) is 0 Å². The average Bonchev–Trinajstić information content (AvgIpc) is 3.11. The molecule has 31 heavy (non-hydrogen) atoms. The van der Waals surface area contributed by atoms with E-state index in [0.29, 0.717) is 50.6 Å². The number of carboxylic acid groups (broad SMARTS) is 1. The third kappa shape index (κ3) is 5.53. The number of nitrogens with zero attached hydrogens (tertiary/aromatic N) is 3. The normalized spacial score (nSPS) is 18.6. The lowest BCUT2D eigenvalue weighted by Gasteiger charge is -2.36. The molecule has 3 rings (SSSR count). The van der Waals surface area contributed by atoms with Crippen molar-refractivity contribution in [2.45, 2.75) is 13.0 Å². The Balaban J connectivity index is 1.58. The summed E-state index contributed by atoms with van der Waals surface area (Å²) in [6.07, 6.45) is -1.26. The van der Waals surface area contributed by atoms with Crippen LogP contribution in [0.3, 0.4) is 0 Å². The summed E-state index contributed by atoms with van der Waals surface area (Å²) < 4.78 is 14.8. The molecule has 5 amide bonds. The number of amides is 5. The summed E-state index contributed by atoms with van der Waals surface area (Å²) >= 11 is 0. The number of hydrogen-bond acceptors (Lipinski definition) is 5. The first kappa shape index (κ1) is 22.1. The summed E-state index contributed by atoms with van der Waals surface area (Å²) in [4.78, 5) is 50.5. The summed E-state index contributed by atoms with van der Waals surface area (Å²) in [5, 5.41) is 16.0. The summed E-state index contributed by atoms with van der Waals surface area (Å²) in [5.41, 5.74) is 0.784. The van der Waals surface area contributed by atoms with Crippen molar-refractivity contribution >= 4 is 35.3 Å². The average molecular weight is 436 g/mol. The van der Waals surface area contributed by atoms with Gasteiger partial charge in [-0.3, -0.25) is 14.5 Å². The largest absolute Gasteiger partial charge is 0.465 e. The lowest BCUT2D eigenvalue weighted by molar-refractivity contribution is -0.130. The zero-order chi connectivity index (χ0) is 22.5. The Hall–Kier alpha value is -3.57. The van der Waals surface area contributed by atoms with Crippen molar-refractivity contribution in [3.63, 3.8) is 0 Å². The summed E-state index contributed by atoms with van der Waals surface area (Å²) in [5.74, 6) is -1.00. The molecular formula is C19H25FN6O5. The molecular weight excluding hydrogens is 411 g/mol. The van der Waals surface area contributed by atoms with Gasteiger partial charge in [-0.2, -0.15) is 0 Å². The number of nitrogens with one attached hydrogen (secondary N) is 3. The summed E-state index contributed by atoms with van der Waals surface area (Å²) in [7, 11) is 0. The zero-order valence-corrected chi connectivity index (χ0v) is 17.1. The van der Waals surface area contributed by atoms with Crippen molar-refractivity contribution in [3.05, 3.63) is 24.0 Å². The van der Waals surface area contributed by atoms with Crippen molar-refractivity contribution in [1.29, 1.82) is 0 Å². The molecule has 1 atom stereocenters. The molecule has 0 bridgehead atoms. The van der Waals surface area contributed by atoms with Gasteiger partial charge in [-0.25, -0.2) is 14.0 Å². The van der Waals surface area contributed by atoms with Gasteiger partial charge in [0.15, 0.2) is 0 Å². The molecule has 0 spiro atoms. The molecule has 1 aromatic rings. The lowest BCUT2D eigenvalue weighted by Crippen LogP contribution is -2.51. The van der Waals surface area contributed by atoms with Gasteiger partial charge in [-0.1, -0.05) is 0 Å². The van der Waals surface area contributed by atoms with Crippen molar-refractivity contribution in [1.82, 2.24) is 20.9 Å². The molecule has 2 fully saturated rings. The monoisotopic (exact) mass is 436 g/mol. The van der Waals surface area contributed by atoms with E-state index < -0.39 is 11.9 Å². The molecule has 12 heteroatoms. The van der Waals surface area contributed by atoms with Crippen LogP contribution < -0.4 is 25.8 Å². The molecule has 0 saturated carbocycles. The SMILES string of the molecule is CC(=O)NC[C@H]1CN(c2ccc(N3CCN(C(=O)CNC(=O)O)CC3)c(F)c2)C(=O)N1. The number of carbonyl (C=O) groups is 4. The van der Waals surface area contributed by atoms with Gasteiger partial charge >= 0.3 is 12.1 Å². The number of carbonyl (C=O) groups excluding carboxylic acids is 3. The fourth-order valence-electron chi connectivity index (χ4n) is 3.59. The molecule has 0 radical (unpaired) electrons. The maximum Gasteiger partial charge on any atom is 0.405 e. The molecule has 11 nitrogen and oxygen atoms in total. The van der Waals surface area contributed by atoms with E-state index in [1.165, 1.54) is 22.8 Å². The number of piperazine rings is 1. The second kappa shape index (κ2) is 9.49. The Kier molecular flexibility index (Phi) is 6.78. The number of urea groups is 1. The minimum Gasteiger partial charge on any atom is -0.465 e. The Bertz CT molecular complexity index is 873. The van der Waals surface area contributed by atoms with Crippen LogP contribution in [0.5, 0.6) is 0 Å². The first-order valence-electron chi connectivity index (χ1n) is 9.86. The van der Waals surface area contributed by atoms with E-state index in [1.807, 2.05) is 5.32 Å². The van der Waals surface area contributed by atoms with Crippen LogP contribution >= 0.6 is 0 Å². The second-order valence-corrected chi connectivity index (χ2v) is 7.36. The number of hydrogen-bond donors (Lipinski definition) is 4. The van der Waals surface area contributed by atoms with Crippen LogP contribution in [-0.2, 0) is 9.59 Å². The fraction of sp³-hybridized carbons (Fsp3) is 0.474. The van der Waals surface area contributed by atoms with E-state index in [9.17, 15) is 23.6 Å². The molecule has 0 aliphatic carbocycles. The molecule has 0 aromatic heterocycles. The minimum atomic E-state index is -1.26. The third-order valence-electron chi connectivity index (χ3n) is 5.18. The molecule has 168 valence electrons. The number of rotatable bonds is 6. The van der Waals surface area contributed by atoms with E-state index in [4.69, 9.17) is 5.11 Å². The summed E-state index contributed by atoms with van der Waals surface area (Å²) in [6, 6.07) is 3.93. The van der Waals surface area contributed by atoms with Gasteiger partial charge in [0.1, 0.15) is 12.4 Å². The Labute approximate surface area is 178 Å². The van der Waals surface area contributed by atoms with Gasteiger partial charge in [-0.15, -0.1) is 0 Å². The van der Waals surface area contributed by atoms with Gasteiger partial charge in [0, 0.05) is 51.9 Å². The standard InChI is InChI=1S/C19H25FN6O5/c1-12(27)21-9-13-11-26(18(29)23-13)14-2-3-16(15(20)8-14)24-4-6-25(7-5-24)17(28)10-22-19(30)31/h2-3,8,13,22H,4-7,9-11H2,1H3,(H,21,27)(H,23,29)(H,30,31)/t13-/m0/s1. The van der Waals surface area contributed by atoms with E-state index in [0.717, 1.165) is 0 Å². The van der Waals surface area contributed by atoms with E-state index in [-0.39, 0.29) is 30.4 Å². The second-order valence-electron chi connectivity index (χ2n) is 7.36. The molecule has 2 aliphatic heterocycles. The topological polar surface area (TPSA) is 134 Å². The van der Waals surface area contributed by atoms with E-state index in [2.05, 4.69) is 10.6 Å². The molecule has 2 saturated heterocycles. The zero-order valence-electron chi connectivity index (χ0n) is 17.1. The quantitative estimate of drug-likeness (QED) is 0.487. The van der Waals surface area contributed by atoms with Crippen molar-refractivity contribution in [2.24, 2.45) is 0 Å². The van der Waals surface area contributed by atoms with Crippen molar-refractivity contribution in [2.75, 3.05) is 55.6 Å². The third-order valence-corrected chi connectivity index (χ3v) is 5.18. The van der Waals surface area contributed by atoms with Gasteiger partial charge in [0.05, 0.1) is 11.7 Å². The molecule has 2 heterocycles. The molecule has 0 unspecified atom stereocenters. The maximum atomic E-state index is 14.8. The van der Waals surface area contributed by atoms with E-state index in [1.54, 1.807) is 17.0 Å². The van der Waals surface area contributed by atoms with Gasteiger partial charge in [-0.05, 0) is 18.2 Å². The van der Waals surface area contributed by atoms with Crippen LogP contribution in [0.4, 0.5) is 25.4 Å². The summed E-state index contributed by atoms with van der Waals surface area (Å²) in [6.45, 7) is 3.20. The number of benzene rings is 1. The molecule has 4 N–H and O–H groups in total. The Morgan fingerprint density at radius 1 is 1.19 bits per heavy atom. The van der Waals surface area contributed by atoms with Gasteiger partial charge in [0.25, 0.3) is 0 Å². The molecule has 2 aliphatic rings. The number of anilines is 2. The molecule has 1 aromatic carbocycles. The van der Waals surface area contributed by atoms with Crippen LogP contribution in [0, 0.1) is 5.82 Å². The van der Waals surface area contributed by atoms with Gasteiger partial charge < -0.3 is 30.9 Å². The Morgan fingerprint density at radius 3 is 2.52 bits per heavy atom. The highest BCUT2D eigenvalue weighted by molar-refractivity contribution is 5.95. The predicted octanol–water partition coefficient (Wildman–Crippen LogP) is -0.224. The first-order chi connectivity index (χ1) is 14.7.